The molecule has 0 saturated heterocycles. The van der Waals surface area contributed by atoms with Gasteiger partial charge in [0.2, 0.25) is 5.91 Å². The average molecular weight is 341 g/mol. The minimum atomic E-state index is -0.128. The van der Waals surface area contributed by atoms with E-state index >= 15 is 0 Å². The zero-order chi connectivity index (χ0) is 17.5. The van der Waals surface area contributed by atoms with Gasteiger partial charge in [0, 0.05) is 23.9 Å². The molecule has 0 fully saturated rings. The third-order valence-electron chi connectivity index (χ3n) is 3.70. The summed E-state index contributed by atoms with van der Waals surface area (Å²) in [6, 6.07) is 15.9. The third kappa shape index (κ3) is 5.53. The normalized spacial score (nSPS) is 11.8. The topological polar surface area (TPSA) is 46.2 Å². The van der Waals surface area contributed by atoms with Gasteiger partial charge in [0.1, 0.15) is 0 Å². The maximum Gasteiger partial charge on any atom is 0.216 e. The number of rotatable bonds is 7. The van der Waals surface area contributed by atoms with Crippen molar-refractivity contribution in [1.82, 2.24) is 5.32 Å². The average Bonchev–Trinajstić information content (AvgIpc) is 2.54. The smallest absolute Gasteiger partial charge is 0.216 e. The van der Waals surface area contributed by atoms with Gasteiger partial charge in [-0.25, -0.2) is 0 Å². The van der Waals surface area contributed by atoms with Crippen molar-refractivity contribution >= 4 is 23.5 Å². The van der Waals surface area contributed by atoms with Crippen LogP contribution in [0, 0.1) is 6.92 Å². The number of hydrogen-bond donors (Lipinski definition) is 1. The second-order valence-electron chi connectivity index (χ2n) is 5.87. The fourth-order valence-electron chi connectivity index (χ4n) is 2.40. The lowest BCUT2D eigenvalue weighted by Crippen LogP contribution is -2.22. The minimum absolute atomic E-state index is 0.0243. The van der Waals surface area contributed by atoms with Gasteiger partial charge in [0.05, 0.1) is 5.25 Å². The Morgan fingerprint density at radius 1 is 1.12 bits per heavy atom. The Morgan fingerprint density at radius 3 is 2.46 bits per heavy atom. The molecule has 0 aliphatic carbocycles. The summed E-state index contributed by atoms with van der Waals surface area (Å²) in [5.74, 6) is 0.110. The van der Waals surface area contributed by atoms with Crippen LogP contribution in [0.25, 0.3) is 0 Å². The molecule has 0 spiro atoms. The molecule has 1 N–H and O–H groups in total. The molecule has 2 aromatic rings. The molecule has 1 amide bonds. The molecular weight excluding hydrogens is 318 g/mol. The lowest BCUT2D eigenvalue weighted by Gasteiger charge is -2.11. The first kappa shape index (κ1) is 18.3. The van der Waals surface area contributed by atoms with Gasteiger partial charge in [-0.2, -0.15) is 0 Å². The van der Waals surface area contributed by atoms with Crippen LogP contribution >= 0.6 is 11.8 Å². The molecule has 0 heterocycles. The molecule has 2 rings (SSSR count). The predicted molar refractivity (Wildman–Crippen MR) is 99.7 cm³/mol. The Labute approximate surface area is 147 Å². The van der Waals surface area contributed by atoms with Crippen LogP contribution < -0.4 is 5.32 Å². The number of thioether (sulfide) groups is 1. The van der Waals surface area contributed by atoms with Crippen LogP contribution in [-0.2, 0) is 11.2 Å². The highest BCUT2D eigenvalue weighted by molar-refractivity contribution is 8.00. The third-order valence-corrected chi connectivity index (χ3v) is 4.79. The van der Waals surface area contributed by atoms with Gasteiger partial charge in [0.15, 0.2) is 5.78 Å². The van der Waals surface area contributed by atoms with E-state index in [4.69, 9.17) is 0 Å². The van der Waals surface area contributed by atoms with E-state index < -0.39 is 0 Å². The van der Waals surface area contributed by atoms with Gasteiger partial charge in [0.25, 0.3) is 0 Å². The molecule has 1 atom stereocenters. The Kier molecular flexibility index (Phi) is 6.62. The number of nitrogens with one attached hydrogen (secondary N) is 1. The van der Waals surface area contributed by atoms with Crippen LogP contribution in [0.1, 0.15) is 35.3 Å². The number of amides is 1. The number of ketones is 1. The second kappa shape index (κ2) is 8.69. The number of carbonyl (C=O) groups excluding carboxylic acids is 2. The second-order valence-corrected chi connectivity index (χ2v) is 7.28. The monoisotopic (exact) mass is 341 g/mol. The SMILES string of the molecule is CC(=O)NCCc1ccc(C(=O)C(C)Sc2cccc(C)c2)cc1. The lowest BCUT2D eigenvalue weighted by molar-refractivity contribution is -0.118. The minimum Gasteiger partial charge on any atom is -0.356 e. The molecule has 0 saturated carbocycles. The maximum absolute atomic E-state index is 12.6. The van der Waals surface area contributed by atoms with E-state index in [-0.39, 0.29) is 16.9 Å². The zero-order valence-electron chi connectivity index (χ0n) is 14.3. The molecule has 0 radical (unpaired) electrons. The van der Waals surface area contributed by atoms with Gasteiger partial charge < -0.3 is 5.32 Å². The van der Waals surface area contributed by atoms with E-state index in [1.165, 1.54) is 12.5 Å². The molecule has 24 heavy (non-hydrogen) atoms. The number of carbonyl (C=O) groups is 2. The number of Topliss-reactive ketones (excluding diaryl/α,β-unsaturated/α-hetero) is 1. The summed E-state index contributed by atoms with van der Waals surface area (Å²) >= 11 is 1.58. The van der Waals surface area contributed by atoms with E-state index in [9.17, 15) is 9.59 Å². The van der Waals surface area contributed by atoms with Crippen molar-refractivity contribution in [3.05, 3.63) is 65.2 Å². The number of hydrogen-bond acceptors (Lipinski definition) is 3. The van der Waals surface area contributed by atoms with Crippen LogP contribution in [0.5, 0.6) is 0 Å². The Balaban J connectivity index is 1.95. The first-order valence-corrected chi connectivity index (χ1v) is 8.94. The molecule has 0 aliphatic rings. The van der Waals surface area contributed by atoms with Gasteiger partial charge in [-0.1, -0.05) is 42.0 Å². The van der Waals surface area contributed by atoms with Crippen molar-refractivity contribution in [1.29, 1.82) is 0 Å². The summed E-state index contributed by atoms with van der Waals surface area (Å²) < 4.78 is 0. The summed E-state index contributed by atoms with van der Waals surface area (Å²) in [5, 5.41) is 2.64. The molecule has 126 valence electrons. The summed E-state index contributed by atoms with van der Waals surface area (Å²) in [5.41, 5.74) is 3.04. The fraction of sp³-hybridized carbons (Fsp3) is 0.300. The summed E-state index contributed by atoms with van der Waals surface area (Å²) in [4.78, 5) is 24.5. The highest BCUT2D eigenvalue weighted by Crippen LogP contribution is 2.26. The van der Waals surface area contributed by atoms with Crippen molar-refractivity contribution in [2.75, 3.05) is 6.54 Å². The fourth-order valence-corrected chi connectivity index (χ4v) is 3.46. The van der Waals surface area contributed by atoms with Gasteiger partial charge >= 0.3 is 0 Å². The van der Waals surface area contributed by atoms with Crippen molar-refractivity contribution in [2.45, 2.75) is 37.3 Å². The van der Waals surface area contributed by atoms with Crippen molar-refractivity contribution in [3.63, 3.8) is 0 Å². The molecule has 4 heteroatoms. The number of aryl methyl sites for hydroxylation is 1. The van der Waals surface area contributed by atoms with Crippen LogP contribution in [-0.4, -0.2) is 23.5 Å². The van der Waals surface area contributed by atoms with Crippen molar-refractivity contribution < 1.29 is 9.59 Å². The highest BCUT2D eigenvalue weighted by atomic mass is 32.2. The summed E-state index contributed by atoms with van der Waals surface area (Å²) in [6.45, 7) is 6.12. The molecule has 1 unspecified atom stereocenters. The quantitative estimate of drug-likeness (QED) is 0.611. The van der Waals surface area contributed by atoms with E-state index in [2.05, 4.69) is 24.4 Å². The summed E-state index contributed by atoms with van der Waals surface area (Å²) in [7, 11) is 0. The van der Waals surface area contributed by atoms with E-state index in [1.54, 1.807) is 11.8 Å². The molecule has 0 aromatic heterocycles. The van der Waals surface area contributed by atoms with E-state index in [0.717, 1.165) is 22.4 Å². The largest absolute Gasteiger partial charge is 0.356 e. The van der Waals surface area contributed by atoms with E-state index in [1.807, 2.05) is 43.3 Å². The number of benzene rings is 2. The molecule has 0 aliphatic heterocycles. The zero-order valence-corrected chi connectivity index (χ0v) is 15.2. The molecule has 3 nitrogen and oxygen atoms in total. The van der Waals surface area contributed by atoms with Crippen molar-refractivity contribution in [3.8, 4) is 0 Å². The first-order valence-electron chi connectivity index (χ1n) is 8.06. The van der Waals surface area contributed by atoms with E-state index in [0.29, 0.717) is 6.54 Å². The maximum atomic E-state index is 12.6. The van der Waals surface area contributed by atoms with Crippen molar-refractivity contribution in [2.24, 2.45) is 0 Å². The lowest BCUT2D eigenvalue weighted by atomic mass is 10.0. The van der Waals surface area contributed by atoms with Gasteiger partial charge in [-0.3, -0.25) is 9.59 Å². The highest BCUT2D eigenvalue weighted by Gasteiger charge is 2.16. The molecular formula is C20H23NO2S. The Bertz CT molecular complexity index is 710. The van der Waals surface area contributed by atoms with Gasteiger partial charge in [-0.15, -0.1) is 11.8 Å². The summed E-state index contributed by atoms with van der Waals surface area (Å²) in [6.07, 6.45) is 0.766. The molecule has 2 aromatic carbocycles. The van der Waals surface area contributed by atoms with Crippen LogP contribution in [0.4, 0.5) is 0 Å². The predicted octanol–water partition coefficient (Wildman–Crippen LogP) is 4.04. The Hall–Kier alpha value is -2.07. The molecule has 0 bridgehead atoms. The van der Waals surface area contributed by atoms with Crippen LogP contribution in [0.3, 0.4) is 0 Å². The first-order chi connectivity index (χ1) is 11.5. The van der Waals surface area contributed by atoms with Crippen LogP contribution in [0.15, 0.2) is 53.4 Å². The van der Waals surface area contributed by atoms with Crippen LogP contribution in [0.2, 0.25) is 0 Å². The van der Waals surface area contributed by atoms with Gasteiger partial charge in [-0.05, 0) is 38.0 Å². The Morgan fingerprint density at radius 2 is 1.83 bits per heavy atom. The standard InChI is InChI=1S/C20H23NO2S/c1-14-5-4-6-19(13-14)24-15(2)20(23)18-9-7-17(8-10-18)11-12-21-16(3)22/h4-10,13,15H,11-12H2,1-3H3,(H,21,22).